The molecule has 1 N–H and O–H groups in total. The van der Waals surface area contributed by atoms with E-state index in [0.29, 0.717) is 13.1 Å². The summed E-state index contributed by atoms with van der Waals surface area (Å²) < 4.78 is 2.61. The number of likely N-dealkylation sites (tertiary alicyclic amines) is 1. The van der Waals surface area contributed by atoms with E-state index in [4.69, 9.17) is 0 Å². The molecule has 130 valence electrons. The quantitative estimate of drug-likeness (QED) is 0.322. The molecule has 8 nitrogen and oxygen atoms in total. The molecule has 0 unspecified atom stereocenters. The Morgan fingerprint density at radius 1 is 1.44 bits per heavy atom. The number of hydrogen-bond acceptors (Lipinski definition) is 4. The highest BCUT2D eigenvalue weighted by Gasteiger charge is 2.30. The normalized spacial score (nSPS) is 14.2. The largest absolute Gasteiger partial charge is 0.348 e. The third-order valence-electron chi connectivity index (χ3n) is 4.07. The van der Waals surface area contributed by atoms with E-state index in [-0.39, 0.29) is 30.1 Å². The average Bonchev–Trinajstić information content (AvgIpc) is 2.85. The van der Waals surface area contributed by atoms with Crippen LogP contribution in [0.25, 0.3) is 10.9 Å². The maximum atomic E-state index is 12.2. The number of rotatable bonds is 5. The van der Waals surface area contributed by atoms with Gasteiger partial charge in [-0.15, -0.1) is 0 Å². The van der Waals surface area contributed by atoms with E-state index < -0.39 is 4.92 Å². The molecule has 0 aliphatic carbocycles. The van der Waals surface area contributed by atoms with Crippen LogP contribution < -0.4 is 5.32 Å². The molecule has 1 saturated heterocycles. The second kappa shape index (κ2) is 6.82. The molecule has 2 amide bonds. The standard InChI is InChI=1S/C16H15IN4O4/c1-2-16(23)20-6-10(7-20)18-15(22)9-19-8-13(17)12-5-11(21(24)25)3-4-14(12)19/h2-5,8,10H,1,6-7,9H2,(H,18,22). The van der Waals surface area contributed by atoms with Crippen LogP contribution in [0.3, 0.4) is 0 Å². The highest BCUT2D eigenvalue weighted by molar-refractivity contribution is 14.1. The van der Waals surface area contributed by atoms with Gasteiger partial charge < -0.3 is 14.8 Å². The number of amides is 2. The minimum Gasteiger partial charge on any atom is -0.348 e. The summed E-state index contributed by atoms with van der Waals surface area (Å²) in [5.74, 6) is -0.305. The van der Waals surface area contributed by atoms with Gasteiger partial charge in [0.2, 0.25) is 11.8 Å². The van der Waals surface area contributed by atoms with Crippen LogP contribution in [0.15, 0.2) is 37.1 Å². The summed E-state index contributed by atoms with van der Waals surface area (Å²) in [5, 5.41) is 14.5. The van der Waals surface area contributed by atoms with Crippen molar-refractivity contribution >= 4 is 51.0 Å². The van der Waals surface area contributed by atoms with Crippen LogP contribution in [-0.4, -0.2) is 45.3 Å². The maximum absolute atomic E-state index is 12.2. The Kier molecular flexibility index (Phi) is 4.75. The predicted octanol–water partition coefficient (Wildman–Crippen LogP) is 1.67. The van der Waals surface area contributed by atoms with Crippen molar-refractivity contribution in [1.29, 1.82) is 0 Å². The van der Waals surface area contributed by atoms with Gasteiger partial charge in [0.1, 0.15) is 6.54 Å². The smallest absolute Gasteiger partial charge is 0.270 e. The van der Waals surface area contributed by atoms with Crippen LogP contribution >= 0.6 is 22.6 Å². The third kappa shape index (κ3) is 3.50. The Morgan fingerprint density at radius 3 is 2.80 bits per heavy atom. The zero-order valence-electron chi connectivity index (χ0n) is 13.1. The fourth-order valence-electron chi connectivity index (χ4n) is 2.79. The van der Waals surface area contributed by atoms with E-state index in [9.17, 15) is 19.7 Å². The number of aromatic nitrogens is 1. The number of fused-ring (bicyclic) bond motifs is 1. The van der Waals surface area contributed by atoms with Gasteiger partial charge in [0.25, 0.3) is 5.69 Å². The SMILES string of the molecule is C=CC(=O)N1CC(NC(=O)Cn2cc(I)c3cc([N+](=O)[O-])ccc32)C1. The molecule has 25 heavy (non-hydrogen) atoms. The minimum absolute atomic E-state index is 0.0223. The lowest BCUT2D eigenvalue weighted by Crippen LogP contribution is -2.61. The lowest BCUT2D eigenvalue weighted by atomic mass is 10.1. The summed E-state index contributed by atoms with van der Waals surface area (Å²) >= 11 is 2.10. The highest BCUT2D eigenvalue weighted by Crippen LogP contribution is 2.27. The lowest BCUT2D eigenvalue weighted by Gasteiger charge is -2.38. The molecule has 2 heterocycles. The molecule has 0 radical (unpaired) electrons. The summed E-state index contributed by atoms with van der Waals surface area (Å²) in [7, 11) is 0. The van der Waals surface area contributed by atoms with Gasteiger partial charge >= 0.3 is 0 Å². The first-order chi connectivity index (χ1) is 11.9. The van der Waals surface area contributed by atoms with Crippen LogP contribution in [0.2, 0.25) is 0 Å². The molecule has 3 rings (SSSR count). The first kappa shape index (κ1) is 17.4. The molecule has 9 heteroatoms. The number of carbonyl (C=O) groups is 2. The van der Waals surface area contributed by atoms with E-state index in [0.717, 1.165) is 14.5 Å². The molecule has 0 bridgehead atoms. The highest BCUT2D eigenvalue weighted by atomic mass is 127. The topological polar surface area (TPSA) is 97.5 Å². The Hall–Kier alpha value is -2.43. The Balaban J connectivity index is 1.67. The number of hydrogen-bond donors (Lipinski definition) is 1. The monoisotopic (exact) mass is 454 g/mol. The van der Waals surface area contributed by atoms with Gasteiger partial charge in [0.15, 0.2) is 0 Å². The molecule has 1 aliphatic heterocycles. The second-order valence-electron chi connectivity index (χ2n) is 5.78. The second-order valence-corrected chi connectivity index (χ2v) is 6.94. The van der Waals surface area contributed by atoms with Crippen LogP contribution in [0, 0.1) is 13.7 Å². The Morgan fingerprint density at radius 2 is 2.16 bits per heavy atom. The summed E-state index contributed by atoms with van der Waals surface area (Å²) in [4.78, 5) is 35.7. The van der Waals surface area contributed by atoms with Crippen LogP contribution in [0.4, 0.5) is 5.69 Å². The van der Waals surface area contributed by atoms with Crippen LogP contribution in [-0.2, 0) is 16.1 Å². The van der Waals surface area contributed by atoms with Gasteiger partial charge in [0, 0.05) is 40.4 Å². The summed E-state index contributed by atoms with van der Waals surface area (Å²) in [6, 6.07) is 4.53. The number of nitro groups is 1. The van der Waals surface area contributed by atoms with E-state index >= 15 is 0 Å². The molecule has 1 aromatic carbocycles. The van der Waals surface area contributed by atoms with Gasteiger partial charge in [-0.05, 0) is 34.7 Å². The van der Waals surface area contributed by atoms with Crippen molar-refractivity contribution in [3.63, 3.8) is 0 Å². The Labute approximate surface area is 156 Å². The van der Waals surface area contributed by atoms with Gasteiger partial charge in [-0.25, -0.2) is 0 Å². The first-order valence-electron chi connectivity index (χ1n) is 7.52. The van der Waals surface area contributed by atoms with E-state index in [1.54, 1.807) is 21.7 Å². The summed E-state index contributed by atoms with van der Waals surface area (Å²) in [6.45, 7) is 4.50. The molecule has 0 spiro atoms. The predicted molar refractivity (Wildman–Crippen MR) is 100 cm³/mol. The van der Waals surface area contributed by atoms with Crippen molar-refractivity contribution < 1.29 is 14.5 Å². The number of nitrogens with zero attached hydrogens (tertiary/aromatic N) is 3. The van der Waals surface area contributed by atoms with Crippen molar-refractivity contribution in [1.82, 2.24) is 14.8 Å². The number of benzene rings is 1. The number of nitro benzene ring substituents is 1. The number of carbonyl (C=O) groups excluding carboxylic acids is 2. The van der Waals surface area contributed by atoms with Crippen molar-refractivity contribution in [2.45, 2.75) is 12.6 Å². The summed E-state index contributed by atoms with van der Waals surface area (Å²) in [5.41, 5.74) is 0.788. The number of halogens is 1. The van der Waals surface area contributed by atoms with E-state index in [2.05, 4.69) is 34.5 Å². The van der Waals surface area contributed by atoms with Crippen molar-refractivity contribution in [2.75, 3.05) is 13.1 Å². The fourth-order valence-corrected chi connectivity index (χ4v) is 3.56. The van der Waals surface area contributed by atoms with Crippen molar-refractivity contribution in [3.8, 4) is 0 Å². The number of nitrogens with one attached hydrogen (secondary N) is 1. The molecule has 0 saturated carbocycles. The molecular formula is C16H15IN4O4. The average molecular weight is 454 g/mol. The fraction of sp³-hybridized carbons (Fsp3) is 0.250. The molecule has 0 atom stereocenters. The molecule has 1 aromatic heterocycles. The number of non-ortho nitro benzene ring substituents is 1. The van der Waals surface area contributed by atoms with Gasteiger partial charge in [-0.1, -0.05) is 6.58 Å². The Bertz CT molecular complexity index is 886. The molecule has 1 fully saturated rings. The van der Waals surface area contributed by atoms with Gasteiger partial charge in [-0.2, -0.15) is 0 Å². The van der Waals surface area contributed by atoms with E-state index in [1.807, 2.05) is 0 Å². The van der Waals surface area contributed by atoms with E-state index in [1.165, 1.54) is 18.2 Å². The molecule has 1 aliphatic rings. The minimum atomic E-state index is -0.438. The third-order valence-corrected chi connectivity index (χ3v) is 4.93. The first-order valence-corrected chi connectivity index (χ1v) is 8.60. The van der Waals surface area contributed by atoms with Crippen molar-refractivity contribution in [3.05, 3.63) is 50.7 Å². The van der Waals surface area contributed by atoms with Crippen LogP contribution in [0.5, 0.6) is 0 Å². The molecule has 2 aromatic rings. The molecular weight excluding hydrogens is 439 g/mol. The van der Waals surface area contributed by atoms with Gasteiger partial charge in [0.05, 0.1) is 16.5 Å². The van der Waals surface area contributed by atoms with Crippen molar-refractivity contribution in [2.24, 2.45) is 0 Å². The lowest BCUT2D eigenvalue weighted by molar-refractivity contribution is -0.384. The van der Waals surface area contributed by atoms with Gasteiger partial charge in [-0.3, -0.25) is 19.7 Å². The summed E-state index contributed by atoms with van der Waals surface area (Å²) in [6.07, 6.45) is 3.05. The maximum Gasteiger partial charge on any atom is 0.270 e. The van der Waals surface area contributed by atoms with Crippen LogP contribution in [0.1, 0.15) is 0 Å². The zero-order chi connectivity index (χ0) is 18.1. The zero-order valence-corrected chi connectivity index (χ0v) is 15.3.